The molecule has 5 nitrogen and oxygen atoms in total. The molecule has 0 aliphatic carbocycles. The van der Waals surface area contributed by atoms with Crippen LogP contribution in [0.5, 0.6) is 0 Å². The van der Waals surface area contributed by atoms with Crippen molar-refractivity contribution in [2.75, 3.05) is 18.0 Å². The van der Waals surface area contributed by atoms with Crippen molar-refractivity contribution in [2.24, 2.45) is 5.92 Å². The first-order valence-electron chi connectivity index (χ1n) is 7.44. The van der Waals surface area contributed by atoms with Gasteiger partial charge in [0, 0.05) is 44.4 Å². The predicted octanol–water partition coefficient (Wildman–Crippen LogP) is 2.72. The Labute approximate surface area is 123 Å². The molecular formula is C16H18N4O. The van der Waals surface area contributed by atoms with Crippen molar-refractivity contribution in [1.29, 1.82) is 0 Å². The first kappa shape index (κ1) is 12.4. The largest absolute Gasteiger partial charge is 0.423 e. The molecule has 0 saturated carbocycles. The van der Waals surface area contributed by atoms with E-state index >= 15 is 0 Å². The van der Waals surface area contributed by atoms with Crippen LogP contribution in [-0.2, 0) is 13.0 Å². The maximum Gasteiger partial charge on any atom is 0.298 e. The standard InChI is InChI=1S/C16H18N4O/c1-2-15-17-7-8-19(15)9-12-10-20(11-12)16-18-13-5-3-4-6-14(13)21-16/h3-8,12H,2,9-11H2,1H3. The lowest BCUT2D eigenvalue weighted by molar-refractivity contribution is 0.334. The number of anilines is 1. The summed E-state index contributed by atoms with van der Waals surface area (Å²) in [5.74, 6) is 1.80. The van der Waals surface area contributed by atoms with Crippen molar-refractivity contribution in [3.05, 3.63) is 42.5 Å². The molecule has 1 aliphatic rings. The minimum Gasteiger partial charge on any atom is -0.423 e. The number of benzene rings is 1. The van der Waals surface area contributed by atoms with Gasteiger partial charge in [0.1, 0.15) is 11.3 Å². The summed E-state index contributed by atoms with van der Waals surface area (Å²) < 4.78 is 8.05. The number of hydrogen-bond acceptors (Lipinski definition) is 4. The highest BCUT2D eigenvalue weighted by atomic mass is 16.4. The molecule has 4 rings (SSSR count). The number of rotatable bonds is 4. The van der Waals surface area contributed by atoms with Crippen LogP contribution in [0.3, 0.4) is 0 Å². The predicted molar refractivity (Wildman–Crippen MR) is 81.3 cm³/mol. The number of hydrogen-bond donors (Lipinski definition) is 0. The summed E-state index contributed by atoms with van der Waals surface area (Å²) >= 11 is 0. The molecular weight excluding hydrogens is 264 g/mol. The molecule has 3 aromatic rings. The molecule has 1 aliphatic heterocycles. The Bertz CT molecular complexity index is 721. The maximum atomic E-state index is 5.80. The number of para-hydroxylation sites is 2. The quantitative estimate of drug-likeness (QED) is 0.738. The third-order valence-electron chi connectivity index (χ3n) is 4.08. The second-order valence-corrected chi connectivity index (χ2v) is 5.58. The molecule has 0 N–H and O–H groups in total. The minimum absolute atomic E-state index is 0.638. The summed E-state index contributed by atoms with van der Waals surface area (Å²) in [6, 6.07) is 8.65. The highest BCUT2D eigenvalue weighted by Gasteiger charge is 2.30. The minimum atomic E-state index is 0.638. The van der Waals surface area contributed by atoms with Crippen LogP contribution >= 0.6 is 0 Å². The number of imidazole rings is 1. The molecule has 0 bridgehead atoms. The van der Waals surface area contributed by atoms with E-state index in [2.05, 4.69) is 32.6 Å². The average molecular weight is 282 g/mol. The van der Waals surface area contributed by atoms with E-state index in [1.807, 2.05) is 30.5 Å². The molecule has 21 heavy (non-hydrogen) atoms. The van der Waals surface area contributed by atoms with Gasteiger partial charge in [0.2, 0.25) is 0 Å². The summed E-state index contributed by atoms with van der Waals surface area (Å²) in [4.78, 5) is 11.1. The fraction of sp³-hybridized carbons (Fsp3) is 0.375. The molecule has 0 unspecified atom stereocenters. The summed E-state index contributed by atoms with van der Waals surface area (Å²) in [5.41, 5.74) is 1.79. The van der Waals surface area contributed by atoms with Crippen LogP contribution in [0.1, 0.15) is 12.7 Å². The van der Waals surface area contributed by atoms with E-state index in [-0.39, 0.29) is 0 Å². The van der Waals surface area contributed by atoms with E-state index in [1.54, 1.807) is 0 Å². The monoisotopic (exact) mass is 282 g/mol. The van der Waals surface area contributed by atoms with Crippen LogP contribution in [0.4, 0.5) is 6.01 Å². The maximum absolute atomic E-state index is 5.80. The van der Waals surface area contributed by atoms with E-state index < -0.39 is 0 Å². The normalized spacial score (nSPS) is 15.6. The smallest absolute Gasteiger partial charge is 0.298 e. The molecule has 1 aromatic carbocycles. The fourth-order valence-corrected chi connectivity index (χ4v) is 2.94. The number of fused-ring (bicyclic) bond motifs is 1. The summed E-state index contributed by atoms with van der Waals surface area (Å²) in [6.45, 7) is 5.16. The van der Waals surface area contributed by atoms with Gasteiger partial charge in [-0.15, -0.1) is 0 Å². The Morgan fingerprint density at radius 3 is 2.95 bits per heavy atom. The van der Waals surface area contributed by atoms with Crippen molar-refractivity contribution >= 4 is 17.1 Å². The molecule has 0 amide bonds. The van der Waals surface area contributed by atoms with Crippen molar-refractivity contribution < 1.29 is 4.42 Å². The van der Waals surface area contributed by atoms with E-state index in [0.717, 1.165) is 49.0 Å². The zero-order valence-electron chi connectivity index (χ0n) is 12.1. The van der Waals surface area contributed by atoms with Crippen LogP contribution in [0.25, 0.3) is 11.1 Å². The van der Waals surface area contributed by atoms with Crippen molar-refractivity contribution in [3.63, 3.8) is 0 Å². The lowest BCUT2D eigenvalue weighted by Crippen LogP contribution is -2.48. The number of aryl methyl sites for hydroxylation is 1. The number of nitrogens with zero attached hydrogens (tertiary/aromatic N) is 4. The third-order valence-corrected chi connectivity index (χ3v) is 4.08. The van der Waals surface area contributed by atoms with E-state index in [1.165, 1.54) is 0 Å². The molecule has 1 saturated heterocycles. The number of aromatic nitrogens is 3. The molecule has 1 fully saturated rings. The summed E-state index contributed by atoms with van der Waals surface area (Å²) in [5, 5.41) is 0. The molecule has 3 heterocycles. The van der Waals surface area contributed by atoms with Crippen LogP contribution in [0.15, 0.2) is 41.1 Å². The molecule has 0 radical (unpaired) electrons. The van der Waals surface area contributed by atoms with E-state index in [0.29, 0.717) is 5.92 Å². The second-order valence-electron chi connectivity index (χ2n) is 5.58. The van der Waals surface area contributed by atoms with E-state index in [4.69, 9.17) is 4.42 Å². The van der Waals surface area contributed by atoms with Crippen molar-refractivity contribution in [1.82, 2.24) is 14.5 Å². The van der Waals surface area contributed by atoms with Gasteiger partial charge in [-0.25, -0.2) is 4.98 Å². The van der Waals surface area contributed by atoms with Gasteiger partial charge in [-0.05, 0) is 12.1 Å². The highest BCUT2D eigenvalue weighted by molar-refractivity contribution is 5.74. The Balaban J connectivity index is 1.42. The summed E-state index contributed by atoms with van der Waals surface area (Å²) in [7, 11) is 0. The Morgan fingerprint density at radius 2 is 2.14 bits per heavy atom. The van der Waals surface area contributed by atoms with Gasteiger partial charge in [0.15, 0.2) is 5.58 Å². The van der Waals surface area contributed by atoms with Gasteiger partial charge in [0.25, 0.3) is 6.01 Å². The molecule has 2 aromatic heterocycles. The molecule has 0 atom stereocenters. The Kier molecular flexibility index (Phi) is 2.91. The zero-order valence-corrected chi connectivity index (χ0v) is 12.1. The second kappa shape index (κ2) is 4.91. The van der Waals surface area contributed by atoms with Crippen molar-refractivity contribution in [2.45, 2.75) is 19.9 Å². The number of oxazole rings is 1. The van der Waals surface area contributed by atoms with Gasteiger partial charge < -0.3 is 13.9 Å². The Hall–Kier alpha value is -2.30. The zero-order chi connectivity index (χ0) is 14.2. The summed E-state index contributed by atoms with van der Waals surface area (Å²) in [6.07, 6.45) is 4.94. The third kappa shape index (κ3) is 2.18. The van der Waals surface area contributed by atoms with Gasteiger partial charge in [0.05, 0.1) is 0 Å². The SMILES string of the molecule is CCc1nccn1CC1CN(c2nc3ccccc3o2)C1. The van der Waals surface area contributed by atoms with E-state index in [9.17, 15) is 0 Å². The van der Waals surface area contributed by atoms with Crippen LogP contribution in [0, 0.1) is 5.92 Å². The van der Waals surface area contributed by atoms with Gasteiger partial charge in [-0.2, -0.15) is 4.98 Å². The van der Waals surface area contributed by atoms with Gasteiger partial charge in [-0.3, -0.25) is 0 Å². The molecule has 0 spiro atoms. The van der Waals surface area contributed by atoms with Gasteiger partial charge >= 0.3 is 0 Å². The Morgan fingerprint density at radius 1 is 1.29 bits per heavy atom. The van der Waals surface area contributed by atoms with Crippen LogP contribution in [-0.4, -0.2) is 27.6 Å². The lowest BCUT2D eigenvalue weighted by Gasteiger charge is -2.38. The topological polar surface area (TPSA) is 47.1 Å². The van der Waals surface area contributed by atoms with Crippen molar-refractivity contribution in [3.8, 4) is 0 Å². The lowest BCUT2D eigenvalue weighted by atomic mass is 10.0. The van der Waals surface area contributed by atoms with Crippen LogP contribution < -0.4 is 4.90 Å². The van der Waals surface area contributed by atoms with Gasteiger partial charge in [-0.1, -0.05) is 19.1 Å². The highest BCUT2D eigenvalue weighted by Crippen LogP contribution is 2.28. The fourth-order valence-electron chi connectivity index (χ4n) is 2.94. The first-order valence-corrected chi connectivity index (χ1v) is 7.44. The first-order chi connectivity index (χ1) is 10.3. The molecule has 108 valence electrons. The molecule has 5 heteroatoms. The van der Waals surface area contributed by atoms with Crippen LogP contribution in [0.2, 0.25) is 0 Å². The average Bonchev–Trinajstić information content (AvgIpc) is 3.07.